The van der Waals surface area contributed by atoms with Gasteiger partial charge < -0.3 is 14.5 Å². The van der Waals surface area contributed by atoms with E-state index in [0.29, 0.717) is 55.6 Å². The van der Waals surface area contributed by atoms with Gasteiger partial charge in [-0.15, -0.1) is 0 Å². The third kappa shape index (κ3) is 6.02. The molecule has 12 heteroatoms. The lowest BCUT2D eigenvalue weighted by molar-refractivity contribution is -0.135. The predicted octanol–water partition coefficient (Wildman–Crippen LogP) is 3.38. The van der Waals surface area contributed by atoms with E-state index in [-0.39, 0.29) is 44.1 Å². The lowest BCUT2D eigenvalue weighted by atomic mass is 9.87. The first-order valence-electron chi connectivity index (χ1n) is 14.4. The van der Waals surface area contributed by atoms with Gasteiger partial charge in [0.25, 0.3) is 0 Å². The number of hydrogen-bond acceptors (Lipinski definition) is 6. The number of imidazole rings is 1. The fraction of sp³-hybridized carbons (Fsp3) is 0.655. The van der Waals surface area contributed by atoms with Crippen LogP contribution in [0, 0.1) is 5.82 Å². The summed E-state index contributed by atoms with van der Waals surface area (Å²) in [6.07, 6.45) is 1.66. The normalized spacial score (nSPS) is 22.7. The largest absolute Gasteiger partial charge is 0.444 e. The fourth-order valence-corrected chi connectivity index (χ4v) is 6.32. The molecule has 4 heterocycles. The van der Waals surface area contributed by atoms with E-state index in [4.69, 9.17) is 4.74 Å². The Morgan fingerprint density at radius 1 is 1.05 bits per heavy atom. The number of alkyl halides is 1. The van der Waals surface area contributed by atoms with E-state index in [9.17, 15) is 19.2 Å². The Kier molecular flexibility index (Phi) is 7.73. The number of benzene rings is 1. The van der Waals surface area contributed by atoms with Crippen LogP contribution in [0.15, 0.2) is 16.9 Å². The highest BCUT2D eigenvalue weighted by Gasteiger charge is 2.39. The summed E-state index contributed by atoms with van der Waals surface area (Å²) in [7, 11) is 1.59. The molecule has 3 aliphatic heterocycles. The number of amides is 3. The first kappa shape index (κ1) is 29.2. The molecule has 41 heavy (non-hydrogen) atoms. The molecule has 10 nitrogen and oxygen atoms in total. The van der Waals surface area contributed by atoms with Crippen LogP contribution in [-0.2, 0) is 21.4 Å². The van der Waals surface area contributed by atoms with Crippen molar-refractivity contribution in [3.8, 4) is 0 Å². The number of piperidine rings is 3. The molecular weight excluding hydrogens is 536 g/mol. The second-order valence-electron chi connectivity index (χ2n) is 12.7. The zero-order chi connectivity index (χ0) is 29.7. The van der Waals surface area contributed by atoms with Crippen LogP contribution in [0.2, 0.25) is 0 Å². The molecule has 5 rings (SSSR count). The third-order valence-corrected chi connectivity index (χ3v) is 8.58. The first-order chi connectivity index (χ1) is 19.2. The Morgan fingerprint density at radius 2 is 1.71 bits per heavy atom. The van der Waals surface area contributed by atoms with E-state index in [0.717, 1.165) is 0 Å². The zero-order valence-corrected chi connectivity index (χ0v) is 24.2. The minimum Gasteiger partial charge on any atom is -0.444 e. The molecule has 0 spiro atoms. The topological polar surface area (TPSA) is 106 Å². The number of aryl methyl sites for hydroxylation is 1. The fourth-order valence-electron chi connectivity index (χ4n) is 6.32. The van der Waals surface area contributed by atoms with Gasteiger partial charge in [-0.2, -0.15) is 0 Å². The summed E-state index contributed by atoms with van der Waals surface area (Å²) in [4.78, 5) is 53.1. The van der Waals surface area contributed by atoms with Gasteiger partial charge in [-0.1, -0.05) is 0 Å². The summed E-state index contributed by atoms with van der Waals surface area (Å²) in [5.74, 6) is -1.48. The molecule has 3 aliphatic rings. The Balaban J connectivity index is 1.23. The number of rotatable bonds is 4. The van der Waals surface area contributed by atoms with Gasteiger partial charge in [-0.05, 0) is 70.7 Å². The number of ether oxygens (including phenoxy) is 1. The van der Waals surface area contributed by atoms with Gasteiger partial charge in [-0.25, -0.2) is 18.4 Å². The molecule has 1 aromatic carbocycles. The molecule has 0 bridgehead atoms. The van der Waals surface area contributed by atoms with Gasteiger partial charge in [0, 0.05) is 52.0 Å². The van der Waals surface area contributed by atoms with E-state index in [1.165, 1.54) is 15.2 Å². The highest BCUT2D eigenvalue weighted by molar-refractivity contribution is 6.00. The van der Waals surface area contributed by atoms with Gasteiger partial charge >= 0.3 is 11.8 Å². The van der Waals surface area contributed by atoms with Crippen LogP contribution in [-0.4, -0.2) is 80.8 Å². The summed E-state index contributed by atoms with van der Waals surface area (Å²) in [5, 5.41) is 2.26. The van der Waals surface area contributed by atoms with Crippen LogP contribution in [0.5, 0.6) is 0 Å². The number of likely N-dealkylation sites (tertiary alicyclic amines) is 2. The van der Waals surface area contributed by atoms with Crippen LogP contribution in [0.1, 0.15) is 76.8 Å². The molecule has 2 aromatic rings. The van der Waals surface area contributed by atoms with Crippen molar-refractivity contribution in [3.05, 3.63) is 34.0 Å². The molecule has 3 saturated heterocycles. The zero-order valence-electron chi connectivity index (χ0n) is 24.2. The smallest absolute Gasteiger partial charge is 0.410 e. The molecule has 3 amide bonds. The number of hydrogen-bond donors (Lipinski definition) is 1. The molecular formula is C29H39F2N5O5. The van der Waals surface area contributed by atoms with Crippen molar-refractivity contribution in [1.29, 1.82) is 0 Å². The number of carbonyl (C=O) groups excluding carboxylic acids is 3. The second kappa shape index (κ2) is 10.8. The Bertz CT molecular complexity index is 1410. The predicted molar refractivity (Wildman–Crippen MR) is 148 cm³/mol. The average molecular weight is 576 g/mol. The summed E-state index contributed by atoms with van der Waals surface area (Å²) in [5.41, 5.74) is -1.07. The molecule has 0 radical (unpaired) electrons. The number of halogens is 2. The van der Waals surface area contributed by atoms with Crippen molar-refractivity contribution in [2.24, 2.45) is 7.05 Å². The Labute approximate surface area is 237 Å². The van der Waals surface area contributed by atoms with Gasteiger partial charge in [0.1, 0.15) is 23.1 Å². The van der Waals surface area contributed by atoms with E-state index < -0.39 is 40.8 Å². The quantitative estimate of drug-likeness (QED) is 0.561. The van der Waals surface area contributed by atoms with Gasteiger partial charge in [0.05, 0.1) is 11.0 Å². The molecule has 1 unspecified atom stereocenters. The van der Waals surface area contributed by atoms with Crippen molar-refractivity contribution in [2.75, 3.05) is 32.7 Å². The number of fused-ring (bicyclic) bond motifs is 1. The third-order valence-electron chi connectivity index (χ3n) is 8.58. The van der Waals surface area contributed by atoms with Crippen LogP contribution >= 0.6 is 0 Å². The first-order valence-corrected chi connectivity index (χ1v) is 14.4. The van der Waals surface area contributed by atoms with E-state index >= 15 is 8.78 Å². The van der Waals surface area contributed by atoms with Crippen molar-refractivity contribution in [3.63, 3.8) is 0 Å². The van der Waals surface area contributed by atoms with Crippen molar-refractivity contribution >= 4 is 28.9 Å². The summed E-state index contributed by atoms with van der Waals surface area (Å²) in [6, 6.07) is 2.14. The van der Waals surface area contributed by atoms with E-state index in [2.05, 4.69) is 10.2 Å². The monoisotopic (exact) mass is 575 g/mol. The van der Waals surface area contributed by atoms with Gasteiger partial charge in [0.15, 0.2) is 0 Å². The highest BCUT2D eigenvalue weighted by Crippen LogP contribution is 2.35. The van der Waals surface area contributed by atoms with Crippen LogP contribution in [0.25, 0.3) is 11.0 Å². The highest BCUT2D eigenvalue weighted by atomic mass is 19.1. The average Bonchev–Trinajstić information content (AvgIpc) is 3.12. The van der Waals surface area contributed by atoms with E-state index in [1.54, 1.807) is 38.8 Å². The summed E-state index contributed by atoms with van der Waals surface area (Å²) < 4.78 is 39.3. The lowest BCUT2D eigenvalue weighted by Gasteiger charge is -2.41. The van der Waals surface area contributed by atoms with Gasteiger partial charge in [0.2, 0.25) is 11.8 Å². The molecule has 3 fully saturated rings. The van der Waals surface area contributed by atoms with Crippen molar-refractivity contribution in [1.82, 2.24) is 24.3 Å². The molecule has 1 N–H and O–H groups in total. The van der Waals surface area contributed by atoms with Crippen molar-refractivity contribution < 1.29 is 27.9 Å². The minimum absolute atomic E-state index is 0.0886. The maximum atomic E-state index is 15.7. The van der Waals surface area contributed by atoms with Crippen LogP contribution in [0.3, 0.4) is 0 Å². The molecule has 224 valence electrons. The maximum Gasteiger partial charge on any atom is 0.410 e. The Morgan fingerprint density at radius 3 is 2.32 bits per heavy atom. The minimum atomic E-state index is -1.40. The Hall–Kier alpha value is -3.28. The second-order valence-corrected chi connectivity index (χ2v) is 12.7. The summed E-state index contributed by atoms with van der Waals surface area (Å²) in [6.45, 7) is 7.53. The van der Waals surface area contributed by atoms with Gasteiger partial charge in [-0.3, -0.25) is 24.0 Å². The standard InChI is InChI=1S/C29H39F2N5O5/c1-28(2,3)41-27(40)35-13-9-29(31,10-14-35)17-34-11-7-18(8-12-34)19-15-22-23(16-20(19)30)36(26(39)33(22)4)21-5-6-24(37)32-25(21)38/h15-16,18,21H,5-14,17H2,1-4H3,(H,32,37,38). The number of aromatic nitrogens is 2. The van der Waals surface area contributed by atoms with Crippen LogP contribution in [0.4, 0.5) is 13.6 Å². The number of nitrogens with zero attached hydrogens (tertiary/aromatic N) is 4. The SMILES string of the molecule is Cn1c(=O)n(C2CCC(=O)NC2=O)c2cc(F)c(C3CCN(CC4(F)CCN(C(=O)OC(C)(C)C)CC4)CC3)cc21. The van der Waals surface area contributed by atoms with Crippen LogP contribution < -0.4 is 11.0 Å². The van der Waals surface area contributed by atoms with Crippen molar-refractivity contribution in [2.45, 2.75) is 82.5 Å². The molecule has 1 aromatic heterocycles. The number of imide groups is 1. The molecule has 1 atom stereocenters. The molecule has 0 aliphatic carbocycles. The lowest BCUT2D eigenvalue weighted by Crippen LogP contribution is -2.51. The maximum absolute atomic E-state index is 15.7. The van der Waals surface area contributed by atoms with E-state index in [1.807, 2.05) is 0 Å². The number of nitrogens with one attached hydrogen (secondary N) is 1. The summed E-state index contributed by atoms with van der Waals surface area (Å²) >= 11 is 0. The number of carbonyl (C=O) groups is 3. The molecule has 0 saturated carbocycles.